The van der Waals surface area contributed by atoms with Gasteiger partial charge in [-0.05, 0) is 93.7 Å². The van der Waals surface area contributed by atoms with E-state index in [9.17, 15) is 33.6 Å². The highest BCUT2D eigenvalue weighted by molar-refractivity contribution is 5.91. The number of rotatable bonds is 27. The largest absolute Gasteiger partial charge is 0.381 e. The Bertz CT molecular complexity index is 2270. The number of nitrogens with one attached hydrogen (secondary N) is 5. The summed E-state index contributed by atoms with van der Waals surface area (Å²) < 4.78 is 11.7. The van der Waals surface area contributed by atoms with Crippen molar-refractivity contribution in [1.29, 1.82) is 0 Å². The van der Waals surface area contributed by atoms with Gasteiger partial charge in [0, 0.05) is 89.5 Å². The SMILES string of the molecule is CC.CC.CC.CCC(C)[C@H](C)C(CC(=O)N1CCCC1C(OC)C(C)C(=O)N[C@@H](Cc1c[nH]c2ccccc12)C(=O)N1CCCCO1)OC.CCC1(C)CC(=O)N(CCNC(=O)NCCN(C)C(C(=O)N[C@H](C(C)=O)C(C)C)C(C)C)C1C. The number of ketones is 1. The zero-order valence-corrected chi connectivity index (χ0v) is 56.0. The molecule has 4 heterocycles. The molecule has 0 spiro atoms. The average molecular weight is 1180 g/mol. The molecule has 19 nitrogen and oxygen atoms in total. The van der Waals surface area contributed by atoms with Crippen LogP contribution in [0.5, 0.6) is 0 Å². The van der Waals surface area contributed by atoms with Gasteiger partial charge in [0.2, 0.25) is 23.6 Å². The Hall–Kier alpha value is -5.11. The number of carbonyl (C=O) groups excluding carboxylic acids is 7. The summed E-state index contributed by atoms with van der Waals surface area (Å²) in [5.41, 5.74) is 1.91. The van der Waals surface area contributed by atoms with Crippen LogP contribution in [0.1, 0.15) is 182 Å². The molecule has 0 saturated carbocycles. The topological polar surface area (TPSA) is 224 Å². The minimum atomic E-state index is -0.814. The third kappa shape index (κ3) is 22.3. The highest BCUT2D eigenvalue weighted by Gasteiger charge is 2.45. The van der Waals surface area contributed by atoms with Gasteiger partial charge in [0.15, 0.2) is 5.78 Å². The van der Waals surface area contributed by atoms with E-state index in [2.05, 4.69) is 67.8 Å². The van der Waals surface area contributed by atoms with E-state index in [0.29, 0.717) is 71.1 Å². The second-order valence-corrected chi connectivity index (χ2v) is 23.3. The summed E-state index contributed by atoms with van der Waals surface area (Å²) in [5, 5.41) is 14.0. The van der Waals surface area contributed by atoms with Crippen LogP contribution in [0.4, 0.5) is 4.79 Å². The van der Waals surface area contributed by atoms with Gasteiger partial charge in [0.05, 0.1) is 49.3 Å². The Morgan fingerprint density at radius 3 is 2.04 bits per heavy atom. The molecule has 3 aliphatic heterocycles. The van der Waals surface area contributed by atoms with E-state index in [1.807, 2.05) is 128 Å². The number of aromatic amines is 1. The van der Waals surface area contributed by atoms with E-state index in [0.717, 1.165) is 55.0 Å². The number of methoxy groups -OCH3 is 2. The van der Waals surface area contributed by atoms with Crippen LogP contribution in [0.3, 0.4) is 0 Å². The minimum absolute atomic E-state index is 0.0111. The predicted molar refractivity (Wildman–Crippen MR) is 338 cm³/mol. The monoisotopic (exact) mass is 1180 g/mol. The predicted octanol–water partition coefficient (Wildman–Crippen LogP) is 9.57. The van der Waals surface area contributed by atoms with Gasteiger partial charge >= 0.3 is 6.03 Å². The number of H-pyrrole nitrogens is 1. The quantitative estimate of drug-likeness (QED) is 0.0566. The van der Waals surface area contributed by atoms with Gasteiger partial charge < -0.3 is 45.5 Å². The van der Waals surface area contributed by atoms with Crippen molar-refractivity contribution in [2.45, 2.75) is 225 Å². The number of likely N-dealkylation sites (tertiary alicyclic amines) is 2. The molecule has 3 saturated heterocycles. The first kappa shape index (κ1) is 76.9. The van der Waals surface area contributed by atoms with E-state index in [-0.39, 0.29) is 82.7 Å². The third-order valence-corrected chi connectivity index (χ3v) is 17.3. The van der Waals surface area contributed by atoms with Crippen molar-refractivity contribution in [2.24, 2.45) is 35.0 Å². The highest BCUT2D eigenvalue weighted by atomic mass is 16.7. The molecular weight excluding hydrogens is 1070 g/mol. The molecule has 84 heavy (non-hydrogen) atoms. The molecule has 482 valence electrons. The maximum atomic E-state index is 13.9. The van der Waals surface area contributed by atoms with Crippen molar-refractivity contribution in [3.8, 4) is 0 Å². The number of urea groups is 1. The number of fused-ring (bicyclic) bond motifs is 1. The van der Waals surface area contributed by atoms with Gasteiger partial charge in [0.1, 0.15) is 6.04 Å². The van der Waals surface area contributed by atoms with Crippen LogP contribution in [0.25, 0.3) is 10.9 Å². The van der Waals surface area contributed by atoms with Crippen LogP contribution in [0.15, 0.2) is 30.5 Å². The maximum absolute atomic E-state index is 13.9. The summed E-state index contributed by atoms with van der Waals surface area (Å²) in [6.07, 6.45) is 7.68. The minimum Gasteiger partial charge on any atom is -0.381 e. The van der Waals surface area contributed by atoms with Gasteiger partial charge in [-0.1, -0.05) is 135 Å². The van der Waals surface area contributed by atoms with Crippen LogP contribution in [0, 0.1) is 35.0 Å². The first-order chi connectivity index (χ1) is 39.9. The zero-order chi connectivity index (χ0) is 64.0. The first-order valence-electron chi connectivity index (χ1n) is 31.9. The third-order valence-electron chi connectivity index (χ3n) is 17.3. The number of ether oxygens (including phenoxy) is 2. The fourth-order valence-electron chi connectivity index (χ4n) is 11.5. The number of benzene rings is 1. The van der Waals surface area contributed by atoms with Crippen LogP contribution in [-0.4, -0.2) is 176 Å². The van der Waals surface area contributed by atoms with Gasteiger partial charge in [-0.2, -0.15) is 0 Å². The lowest BCUT2D eigenvalue weighted by atomic mass is 9.81. The average Bonchev–Trinajstić information content (AvgIpc) is 3.75. The Labute approximate surface area is 507 Å². The number of amides is 7. The molecule has 0 bridgehead atoms. The van der Waals surface area contributed by atoms with Crippen molar-refractivity contribution in [2.75, 3.05) is 67.1 Å². The smallest absolute Gasteiger partial charge is 0.314 e. The molecule has 0 aliphatic carbocycles. The maximum Gasteiger partial charge on any atom is 0.314 e. The molecule has 1 aromatic heterocycles. The molecule has 5 rings (SSSR count). The lowest BCUT2D eigenvalue weighted by molar-refractivity contribution is -0.199. The van der Waals surface area contributed by atoms with Crippen LogP contribution < -0.4 is 21.3 Å². The standard InChI is InChI=1S/C34H52N4O6.C25H47N5O4.3C2H6/c1-7-22(2)23(3)30(42-5)20-31(39)37-16-12-15-29(37)32(43-6)24(4)33(40)36-28(34(41)38-17-10-11-18-44-38)19-25-21-35-27-14-9-8-13-26(25)27;1-10-25(8)15-20(32)30(19(25)7)14-12-27-24(34)26-11-13-29(9)22(17(4)5)23(33)28-21(16(2)3)18(6)31;3*1-2/h8-9,13-14,21-24,28-30,32,35H,7,10-12,15-20H2,1-6H3,(H,36,40);16-17,19,21-22H,10-15H2,1-9H3,(H,28,33)(H2,26,27,34);3*1-2H3/t22?,23-,24?,28-,29?,30?,32?;19?,21-,22?,25?;;;/m00.../s1. The van der Waals surface area contributed by atoms with Crippen LogP contribution in [0.2, 0.25) is 0 Å². The number of para-hydroxylation sites is 1. The summed E-state index contributed by atoms with van der Waals surface area (Å²) in [6.45, 7) is 39.2. The molecule has 3 fully saturated rings. The van der Waals surface area contributed by atoms with Crippen LogP contribution >= 0.6 is 0 Å². The van der Waals surface area contributed by atoms with Crippen molar-refractivity contribution in [1.82, 2.24) is 46.0 Å². The number of hydrogen-bond donors (Lipinski definition) is 5. The molecule has 1 aromatic carbocycles. The molecule has 3 aliphatic rings. The number of hydroxylamine groups is 2. The van der Waals surface area contributed by atoms with E-state index in [1.165, 1.54) is 12.0 Å². The van der Waals surface area contributed by atoms with Gasteiger partial charge in [-0.3, -0.25) is 38.5 Å². The number of nitrogens with zero attached hydrogens (tertiary/aromatic N) is 4. The molecule has 7 amide bonds. The Kier molecular flexibility index (Phi) is 36.2. The van der Waals surface area contributed by atoms with E-state index < -0.39 is 30.1 Å². The van der Waals surface area contributed by atoms with Crippen molar-refractivity contribution >= 4 is 52.3 Å². The second-order valence-electron chi connectivity index (χ2n) is 23.3. The summed E-state index contributed by atoms with van der Waals surface area (Å²) in [5.74, 6) is -0.489. The number of carbonyl (C=O) groups is 7. The number of likely N-dealkylation sites (N-methyl/N-ethyl adjacent to an activating group) is 1. The Morgan fingerprint density at radius 2 is 1.49 bits per heavy atom. The summed E-state index contributed by atoms with van der Waals surface area (Å²) in [7, 11) is 5.10. The number of aromatic nitrogens is 1. The molecule has 8 unspecified atom stereocenters. The van der Waals surface area contributed by atoms with E-state index in [1.54, 1.807) is 14.2 Å². The Balaban J connectivity index is 0.000000794. The lowest BCUT2D eigenvalue weighted by Crippen LogP contribution is -2.55. The highest BCUT2D eigenvalue weighted by Crippen LogP contribution is 2.40. The fraction of sp³-hybridized carbons (Fsp3) is 0.769. The van der Waals surface area contributed by atoms with Crippen molar-refractivity contribution in [3.63, 3.8) is 0 Å². The normalized spacial score (nSPS) is 20.5. The van der Waals surface area contributed by atoms with Gasteiger partial charge in [-0.15, -0.1) is 0 Å². The van der Waals surface area contributed by atoms with Crippen molar-refractivity contribution < 1.29 is 47.9 Å². The molecule has 19 heteroatoms. The second kappa shape index (κ2) is 39.6. The van der Waals surface area contributed by atoms with E-state index in [4.69, 9.17) is 14.3 Å². The van der Waals surface area contributed by atoms with Gasteiger partial charge in [0.25, 0.3) is 5.91 Å². The zero-order valence-electron chi connectivity index (χ0n) is 56.0. The fourth-order valence-corrected chi connectivity index (χ4v) is 11.5. The van der Waals surface area contributed by atoms with Gasteiger partial charge in [-0.25, -0.2) is 9.86 Å². The van der Waals surface area contributed by atoms with E-state index >= 15 is 0 Å². The number of Topliss-reactive ketones (excluding diaryl/α,β-unsaturated/α-hetero) is 1. The lowest BCUT2D eigenvalue weighted by Gasteiger charge is -2.36. The molecule has 2 aromatic rings. The van der Waals surface area contributed by atoms with Crippen molar-refractivity contribution in [3.05, 3.63) is 36.0 Å². The molecule has 5 N–H and O–H groups in total. The number of hydrogen-bond acceptors (Lipinski definition) is 11. The summed E-state index contributed by atoms with van der Waals surface area (Å²) >= 11 is 0. The molecule has 0 radical (unpaired) electrons. The van der Waals surface area contributed by atoms with Crippen LogP contribution in [-0.2, 0) is 49.5 Å². The summed E-state index contributed by atoms with van der Waals surface area (Å²) in [6, 6.07) is 5.80. The Morgan fingerprint density at radius 1 is 0.845 bits per heavy atom. The summed E-state index contributed by atoms with van der Waals surface area (Å²) in [4.78, 5) is 105. The molecule has 11 atom stereocenters. The molecular formula is C65H117N9O10. The first-order valence-corrected chi connectivity index (χ1v) is 31.9.